The number of benzene rings is 2. The van der Waals surface area contributed by atoms with Crippen LogP contribution in [0.15, 0.2) is 66.9 Å². The zero-order valence-corrected chi connectivity index (χ0v) is 19.8. The Kier molecular flexibility index (Phi) is 7.02. The van der Waals surface area contributed by atoms with Gasteiger partial charge in [-0.25, -0.2) is 0 Å². The molecular weight excluding hydrogens is 368 g/mol. The first-order valence-electron chi connectivity index (χ1n) is 11.3. The van der Waals surface area contributed by atoms with Crippen molar-refractivity contribution in [2.75, 3.05) is 0 Å². The van der Waals surface area contributed by atoms with Gasteiger partial charge >= 0.3 is 0 Å². The van der Waals surface area contributed by atoms with E-state index in [-0.39, 0.29) is 0 Å². The number of fused-ring (bicyclic) bond motifs is 2. The second-order valence-corrected chi connectivity index (χ2v) is 13.0. The zero-order chi connectivity index (χ0) is 20.9. The fraction of sp³-hybridized carbons (Fsp3) is 0.385. The lowest BCUT2D eigenvalue weighted by Gasteiger charge is -2.29. The minimum absolute atomic E-state index is 1.05. The predicted molar refractivity (Wildman–Crippen MR) is 132 cm³/mol. The highest BCUT2D eigenvalue weighted by Crippen LogP contribution is 2.24. The van der Waals surface area contributed by atoms with E-state index in [0.717, 1.165) is 13.1 Å². The molecule has 2 heterocycles. The summed E-state index contributed by atoms with van der Waals surface area (Å²) < 4.78 is 4.81. The summed E-state index contributed by atoms with van der Waals surface area (Å²) in [5, 5.41) is 4.41. The number of para-hydroxylation sites is 2. The number of rotatable bonds is 6. The van der Waals surface area contributed by atoms with Crippen LogP contribution in [0, 0.1) is 0 Å². The average Bonchev–Trinajstić information content (AvgIpc) is 3.37. The summed E-state index contributed by atoms with van der Waals surface area (Å²) in [6.07, 6.45) is 2.13. The van der Waals surface area contributed by atoms with E-state index < -0.39 is 8.07 Å². The first-order chi connectivity index (χ1) is 14.1. The third-order valence-electron chi connectivity index (χ3n) is 6.72. The van der Waals surface area contributed by atoms with Crippen molar-refractivity contribution in [1.29, 1.82) is 0 Å². The minimum Gasteiger partial charge on any atom is -0.349 e. The largest absolute Gasteiger partial charge is 0.349 e. The number of nitrogens with zero attached hydrogens (tertiary/aromatic N) is 2. The maximum Gasteiger partial charge on any atom is 0.107 e. The first kappa shape index (κ1) is 21.4. The Morgan fingerprint density at radius 3 is 1.83 bits per heavy atom. The molecule has 3 heteroatoms. The highest BCUT2D eigenvalue weighted by molar-refractivity contribution is 6.91. The third-order valence-corrected chi connectivity index (χ3v) is 12.3. The molecule has 0 unspecified atom stereocenters. The van der Waals surface area contributed by atoms with Crippen molar-refractivity contribution in [3.63, 3.8) is 0 Å². The Bertz CT molecular complexity index is 1040. The van der Waals surface area contributed by atoms with Crippen molar-refractivity contribution in [3.05, 3.63) is 66.9 Å². The summed E-state index contributed by atoms with van der Waals surface area (Å²) in [7, 11) is -1.28. The molecule has 0 saturated carbocycles. The van der Waals surface area contributed by atoms with Crippen molar-refractivity contribution in [2.45, 2.75) is 65.8 Å². The van der Waals surface area contributed by atoms with Gasteiger partial charge in [-0.2, -0.15) is 0 Å². The second-order valence-electron chi connectivity index (χ2n) is 7.83. The van der Waals surface area contributed by atoms with Gasteiger partial charge < -0.3 is 9.13 Å². The molecular formula is C26H36N2Si. The van der Waals surface area contributed by atoms with Gasteiger partial charge in [0.05, 0.1) is 0 Å². The summed E-state index contributed by atoms with van der Waals surface area (Å²) in [5.74, 6) is 0. The molecule has 0 spiro atoms. The molecule has 0 aliphatic heterocycles. The van der Waals surface area contributed by atoms with Gasteiger partial charge in [-0.1, -0.05) is 75.3 Å². The molecule has 0 atom stereocenters. The second kappa shape index (κ2) is 9.49. The van der Waals surface area contributed by atoms with Crippen molar-refractivity contribution in [2.24, 2.45) is 0 Å². The molecule has 2 aromatic heterocycles. The Hall–Kier alpha value is -2.26. The van der Waals surface area contributed by atoms with Gasteiger partial charge in [-0.15, -0.1) is 0 Å². The molecule has 2 nitrogen and oxygen atoms in total. The lowest BCUT2D eigenvalue weighted by molar-refractivity contribution is 0.798. The van der Waals surface area contributed by atoms with Crippen LogP contribution in [0.2, 0.25) is 18.1 Å². The molecule has 0 fully saturated rings. The Balaban J connectivity index is 0.000000186. The van der Waals surface area contributed by atoms with Gasteiger partial charge in [0.2, 0.25) is 0 Å². The molecule has 0 radical (unpaired) electrons. The van der Waals surface area contributed by atoms with Crippen LogP contribution < -0.4 is 5.32 Å². The number of aromatic nitrogens is 2. The monoisotopic (exact) mass is 404 g/mol. The molecule has 0 saturated heterocycles. The van der Waals surface area contributed by atoms with E-state index in [1.54, 1.807) is 5.32 Å². The normalized spacial score (nSPS) is 11.6. The van der Waals surface area contributed by atoms with Gasteiger partial charge in [-0.3, -0.25) is 0 Å². The van der Waals surface area contributed by atoms with E-state index in [0.29, 0.717) is 0 Å². The summed E-state index contributed by atoms with van der Waals surface area (Å²) >= 11 is 0. The highest BCUT2D eigenvalue weighted by atomic mass is 28.3. The standard InChI is InChI=1S/C16H25NSi.C10H11N/c1-5-17-15-12-10-9-11-14(15)13-16(17)18(6-2,7-3)8-4;1-2-11-8-7-9-5-3-4-6-10(9)11/h9-13H,5-8H2,1-4H3;3-8H,2H2,1H3. The van der Waals surface area contributed by atoms with Crippen LogP contribution in [0.5, 0.6) is 0 Å². The fourth-order valence-corrected chi connectivity index (χ4v) is 8.60. The maximum atomic E-state index is 2.57. The van der Waals surface area contributed by atoms with Crippen LogP contribution in [0.3, 0.4) is 0 Å². The average molecular weight is 405 g/mol. The SMILES string of the molecule is CCn1c([Si](CC)(CC)CC)cc2ccccc21.CCn1ccc2ccccc21. The minimum atomic E-state index is -1.28. The fourth-order valence-electron chi connectivity index (χ4n) is 4.70. The summed E-state index contributed by atoms with van der Waals surface area (Å²) in [4.78, 5) is 0. The summed E-state index contributed by atoms with van der Waals surface area (Å²) in [6, 6.07) is 26.0. The molecule has 0 N–H and O–H groups in total. The van der Waals surface area contributed by atoms with Gasteiger partial charge in [0.15, 0.2) is 0 Å². The molecule has 0 aliphatic rings. The first-order valence-corrected chi connectivity index (χ1v) is 13.9. The van der Waals surface area contributed by atoms with Crippen molar-refractivity contribution >= 4 is 35.2 Å². The molecule has 154 valence electrons. The quantitative estimate of drug-likeness (QED) is 0.305. The molecule has 4 aromatic rings. The van der Waals surface area contributed by atoms with E-state index in [1.807, 2.05) is 0 Å². The van der Waals surface area contributed by atoms with Crippen LogP contribution in [-0.2, 0) is 13.1 Å². The zero-order valence-electron chi connectivity index (χ0n) is 18.8. The molecule has 4 rings (SSSR count). The molecule has 29 heavy (non-hydrogen) atoms. The summed E-state index contributed by atoms with van der Waals surface area (Å²) in [5.41, 5.74) is 2.75. The number of hydrogen-bond donors (Lipinski definition) is 0. The maximum absolute atomic E-state index is 2.57. The Labute approximate surface area is 177 Å². The lowest BCUT2D eigenvalue weighted by Crippen LogP contribution is -2.49. The van der Waals surface area contributed by atoms with E-state index >= 15 is 0 Å². The van der Waals surface area contributed by atoms with E-state index in [4.69, 9.17) is 0 Å². The van der Waals surface area contributed by atoms with Crippen molar-refractivity contribution in [3.8, 4) is 0 Å². The lowest BCUT2D eigenvalue weighted by atomic mass is 10.2. The highest BCUT2D eigenvalue weighted by Gasteiger charge is 2.32. The van der Waals surface area contributed by atoms with E-state index in [9.17, 15) is 0 Å². The molecule has 0 aliphatic carbocycles. The van der Waals surface area contributed by atoms with Crippen LogP contribution in [0.1, 0.15) is 34.6 Å². The van der Waals surface area contributed by atoms with Crippen LogP contribution in [0.25, 0.3) is 21.8 Å². The Morgan fingerprint density at radius 2 is 1.24 bits per heavy atom. The molecule has 0 amide bonds. The molecule has 2 aromatic carbocycles. The van der Waals surface area contributed by atoms with Gasteiger partial charge in [0, 0.05) is 35.6 Å². The van der Waals surface area contributed by atoms with Crippen molar-refractivity contribution in [1.82, 2.24) is 9.13 Å². The predicted octanol–water partition coefficient (Wildman–Crippen LogP) is 7.04. The van der Waals surface area contributed by atoms with Gasteiger partial charge in [-0.05, 0) is 48.9 Å². The number of aryl methyl sites for hydroxylation is 2. The number of hydrogen-bond acceptors (Lipinski definition) is 0. The van der Waals surface area contributed by atoms with Crippen molar-refractivity contribution < 1.29 is 0 Å². The van der Waals surface area contributed by atoms with Crippen LogP contribution >= 0.6 is 0 Å². The van der Waals surface area contributed by atoms with Gasteiger partial charge in [0.25, 0.3) is 0 Å². The Morgan fingerprint density at radius 1 is 0.655 bits per heavy atom. The van der Waals surface area contributed by atoms with E-state index in [2.05, 4.69) is 111 Å². The smallest absolute Gasteiger partial charge is 0.107 e. The van der Waals surface area contributed by atoms with Crippen LogP contribution in [-0.4, -0.2) is 17.2 Å². The molecule has 0 bridgehead atoms. The summed E-state index contributed by atoms with van der Waals surface area (Å²) in [6.45, 7) is 13.7. The topological polar surface area (TPSA) is 9.86 Å². The van der Waals surface area contributed by atoms with E-state index in [1.165, 1.54) is 39.9 Å². The third kappa shape index (κ3) is 4.06. The van der Waals surface area contributed by atoms with Crippen LogP contribution in [0.4, 0.5) is 0 Å². The van der Waals surface area contributed by atoms with Gasteiger partial charge in [0.1, 0.15) is 8.07 Å².